The molecule has 124 valence electrons. The van der Waals surface area contributed by atoms with Crippen LogP contribution in [-0.2, 0) is 14.3 Å². The van der Waals surface area contributed by atoms with Crippen LogP contribution in [-0.4, -0.2) is 73.6 Å². The summed E-state index contributed by atoms with van der Waals surface area (Å²) < 4.78 is 10.9. The van der Waals surface area contributed by atoms with Crippen molar-refractivity contribution in [3.05, 3.63) is 0 Å². The molecule has 0 aliphatic carbocycles. The lowest BCUT2D eigenvalue weighted by Crippen LogP contribution is -2.53. The summed E-state index contributed by atoms with van der Waals surface area (Å²) in [5.41, 5.74) is -0.900. The van der Waals surface area contributed by atoms with Crippen LogP contribution >= 0.6 is 0 Å². The largest absolute Gasteiger partial charge is 0.480 e. The van der Waals surface area contributed by atoms with Gasteiger partial charge in [0, 0.05) is 33.4 Å². The second-order valence-electron chi connectivity index (χ2n) is 6.12. The molecule has 2 N–H and O–H groups in total. The van der Waals surface area contributed by atoms with E-state index in [0.29, 0.717) is 13.0 Å². The number of rotatable bonds is 9. The van der Waals surface area contributed by atoms with E-state index in [1.54, 1.807) is 21.1 Å². The van der Waals surface area contributed by atoms with Crippen molar-refractivity contribution in [1.82, 2.24) is 10.2 Å². The molecule has 6 heteroatoms. The standard InChI is InChI=1S/C15H30N2O4/c1-6-7-16-15(3,14(18)19)8-11(2)17-9-12(20-4)13(10-17)21-5/h11-13,16H,6-10H2,1-5H3,(H,18,19). The van der Waals surface area contributed by atoms with Crippen molar-refractivity contribution in [2.45, 2.75) is 57.4 Å². The first kappa shape index (κ1) is 18.4. The molecule has 6 nitrogen and oxygen atoms in total. The minimum Gasteiger partial charge on any atom is -0.480 e. The normalized spacial score (nSPS) is 27.5. The number of hydrogen-bond acceptors (Lipinski definition) is 5. The highest BCUT2D eigenvalue weighted by Crippen LogP contribution is 2.23. The van der Waals surface area contributed by atoms with E-state index in [4.69, 9.17) is 9.47 Å². The Bertz CT molecular complexity index is 328. The van der Waals surface area contributed by atoms with Gasteiger partial charge in [-0.2, -0.15) is 0 Å². The fourth-order valence-corrected chi connectivity index (χ4v) is 2.94. The molecular weight excluding hydrogens is 272 g/mol. The lowest BCUT2D eigenvalue weighted by molar-refractivity contribution is -0.145. The summed E-state index contributed by atoms with van der Waals surface area (Å²) in [5, 5.41) is 12.7. The molecule has 4 atom stereocenters. The van der Waals surface area contributed by atoms with Crippen molar-refractivity contribution in [3.8, 4) is 0 Å². The Morgan fingerprint density at radius 1 is 1.38 bits per heavy atom. The van der Waals surface area contributed by atoms with Crippen molar-refractivity contribution >= 4 is 5.97 Å². The third-order valence-corrected chi connectivity index (χ3v) is 4.41. The average Bonchev–Trinajstić information content (AvgIpc) is 2.88. The van der Waals surface area contributed by atoms with Crippen molar-refractivity contribution in [2.75, 3.05) is 33.9 Å². The number of carboxylic acid groups (broad SMARTS) is 1. The van der Waals surface area contributed by atoms with Gasteiger partial charge in [0.05, 0.1) is 12.2 Å². The summed E-state index contributed by atoms with van der Waals surface area (Å²) in [6.07, 6.45) is 1.57. The van der Waals surface area contributed by atoms with E-state index < -0.39 is 11.5 Å². The maximum Gasteiger partial charge on any atom is 0.323 e. The summed E-state index contributed by atoms with van der Waals surface area (Å²) in [6, 6.07) is 0.147. The molecule has 0 amide bonds. The first-order valence-corrected chi connectivity index (χ1v) is 7.66. The van der Waals surface area contributed by atoms with Gasteiger partial charge in [-0.05, 0) is 33.2 Å². The number of ether oxygens (including phenoxy) is 2. The maximum atomic E-state index is 11.6. The summed E-state index contributed by atoms with van der Waals surface area (Å²) in [6.45, 7) is 8.13. The van der Waals surface area contributed by atoms with Gasteiger partial charge in [-0.15, -0.1) is 0 Å². The zero-order valence-electron chi connectivity index (χ0n) is 13.9. The summed E-state index contributed by atoms with van der Waals surface area (Å²) in [7, 11) is 3.38. The number of nitrogens with one attached hydrogen (secondary N) is 1. The van der Waals surface area contributed by atoms with Crippen molar-refractivity contribution in [3.63, 3.8) is 0 Å². The molecule has 0 aromatic carbocycles. The highest BCUT2D eigenvalue weighted by atomic mass is 16.5. The Morgan fingerprint density at radius 3 is 2.29 bits per heavy atom. The van der Waals surface area contributed by atoms with Gasteiger partial charge in [-0.3, -0.25) is 9.69 Å². The molecule has 0 spiro atoms. The topological polar surface area (TPSA) is 71.0 Å². The SMILES string of the molecule is CCCNC(C)(CC(C)N1CC(OC)C(OC)C1)C(=O)O. The molecule has 1 aliphatic heterocycles. The van der Waals surface area contributed by atoms with Gasteiger partial charge in [0.25, 0.3) is 0 Å². The molecule has 1 rings (SSSR count). The van der Waals surface area contributed by atoms with E-state index in [1.807, 2.05) is 6.92 Å². The van der Waals surface area contributed by atoms with Gasteiger partial charge in [0.15, 0.2) is 0 Å². The van der Waals surface area contributed by atoms with Crippen LogP contribution in [0.4, 0.5) is 0 Å². The van der Waals surface area contributed by atoms with Crippen LogP contribution in [0, 0.1) is 0 Å². The van der Waals surface area contributed by atoms with E-state index in [1.165, 1.54) is 0 Å². The number of aliphatic carboxylic acids is 1. The van der Waals surface area contributed by atoms with Gasteiger partial charge in [-0.25, -0.2) is 0 Å². The number of carbonyl (C=O) groups is 1. The first-order chi connectivity index (χ1) is 9.87. The summed E-state index contributed by atoms with van der Waals surface area (Å²) in [4.78, 5) is 13.8. The van der Waals surface area contributed by atoms with Crippen molar-refractivity contribution in [2.24, 2.45) is 0 Å². The second-order valence-corrected chi connectivity index (χ2v) is 6.12. The predicted octanol–water partition coefficient (Wildman–Crippen LogP) is 0.954. The molecule has 0 aromatic heterocycles. The molecule has 1 heterocycles. The Labute approximate surface area is 127 Å². The van der Waals surface area contributed by atoms with E-state index in [9.17, 15) is 9.90 Å². The van der Waals surface area contributed by atoms with Gasteiger partial charge in [0.1, 0.15) is 5.54 Å². The number of likely N-dealkylation sites (tertiary alicyclic amines) is 1. The van der Waals surface area contributed by atoms with E-state index in [-0.39, 0.29) is 18.2 Å². The van der Waals surface area contributed by atoms with Crippen LogP contribution in [0.5, 0.6) is 0 Å². The Morgan fingerprint density at radius 2 is 1.90 bits per heavy atom. The molecule has 0 bridgehead atoms. The fourth-order valence-electron chi connectivity index (χ4n) is 2.94. The lowest BCUT2D eigenvalue weighted by Gasteiger charge is -2.33. The Hall–Kier alpha value is -0.690. The van der Waals surface area contributed by atoms with E-state index in [0.717, 1.165) is 19.5 Å². The third kappa shape index (κ3) is 4.64. The van der Waals surface area contributed by atoms with Gasteiger partial charge < -0.3 is 19.9 Å². The molecular formula is C15H30N2O4. The highest BCUT2D eigenvalue weighted by Gasteiger charge is 2.40. The van der Waals surface area contributed by atoms with Gasteiger partial charge in [-0.1, -0.05) is 6.92 Å². The zero-order chi connectivity index (χ0) is 16.0. The van der Waals surface area contributed by atoms with Crippen LogP contribution in [0.15, 0.2) is 0 Å². The molecule has 0 radical (unpaired) electrons. The summed E-state index contributed by atoms with van der Waals surface area (Å²) in [5.74, 6) is -0.798. The van der Waals surface area contributed by atoms with Crippen molar-refractivity contribution < 1.29 is 19.4 Å². The van der Waals surface area contributed by atoms with E-state index in [2.05, 4.69) is 17.1 Å². The number of methoxy groups -OCH3 is 2. The van der Waals surface area contributed by atoms with E-state index >= 15 is 0 Å². The molecule has 21 heavy (non-hydrogen) atoms. The summed E-state index contributed by atoms with van der Waals surface area (Å²) >= 11 is 0. The second kappa shape index (κ2) is 8.08. The molecule has 4 unspecified atom stereocenters. The molecule has 1 fully saturated rings. The fraction of sp³-hybridized carbons (Fsp3) is 0.933. The minimum atomic E-state index is -0.900. The first-order valence-electron chi connectivity index (χ1n) is 7.66. The van der Waals surface area contributed by atoms with Crippen molar-refractivity contribution in [1.29, 1.82) is 0 Å². The average molecular weight is 302 g/mol. The Balaban J connectivity index is 2.66. The molecule has 0 aromatic rings. The van der Waals surface area contributed by atoms with Crippen LogP contribution in [0.25, 0.3) is 0 Å². The molecule has 1 aliphatic rings. The quantitative estimate of drug-likeness (QED) is 0.661. The smallest absolute Gasteiger partial charge is 0.323 e. The van der Waals surface area contributed by atoms with Crippen LogP contribution in [0.2, 0.25) is 0 Å². The minimum absolute atomic E-state index is 0.0529. The number of nitrogens with zero attached hydrogens (tertiary/aromatic N) is 1. The molecule has 1 saturated heterocycles. The lowest BCUT2D eigenvalue weighted by atomic mass is 9.93. The van der Waals surface area contributed by atoms with Crippen LogP contribution < -0.4 is 5.32 Å². The van der Waals surface area contributed by atoms with Gasteiger partial charge in [0.2, 0.25) is 0 Å². The monoisotopic (exact) mass is 302 g/mol. The highest BCUT2D eigenvalue weighted by molar-refractivity contribution is 5.78. The number of hydrogen-bond donors (Lipinski definition) is 2. The number of carboxylic acids is 1. The predicted molar refractivity (Wildman–Crippen MR) is 81.6 cm³/mol. The maximum absolute atomic E-state index is 11.6. The third-order valence-electron chi connectivity index (χ3n) is 4.41. The van der Waals surface area contributed by atoms with Crippen LogP contribution in [0.1, 0.15) is 33.6 Å². The molecule has 0 saturated carbocycles. The Kier molecular flexibility index (Phi) is 7.06. The van der Waals surface area contributed by atoms with Crippen LogP contribution in [0.3, 0.4) is 0 Å². The van der Waals surface area contributed by atoms with Gasteiger partial charge >= 0.3 is 5.97 Å². The zero-order valence-corrected chi connectivity index (χ0v) is 13.9.